The molecule has 2 unspecified atom stereocenters. The molecule has 1 amide bonds. The van der Waals surface area contributed by atoms with E-state index in [1.54, 1.807) is 11.8 Å². The van der Waals surface area contributed by atoms with Crippen molar-refractivity contribution < 1.29 is 4.79 Å². The lowest BCUT2D eigenvalue weighted by Gasteiger charge is -2.21. The highest BCUT2D eigenvalue weighted by atomic mass is 32.2. The third kappa shape index (κ3) is 3.98. The van der Waals surface area contributed by atoms with Crippen LogP contribution in [-0.4, -0.2) is 24.7 Å². The van der Waals surface area contributed by atoms with Crippen LogP contribution in [-0.2, 0) is 4.79 Å². The summed E-state index contributed by atoms with van der Waals surface area (Å²) in [4.78, 5) is 13.2. The molecule has 1 saturated heterocycles. The number of amides is 1. The van der Waals surface area contributed by atoms with E-state index in [0.717, 1.165) is 25.8 Å². The van der Waals surface area contributed by atoms with E-state index in [0.29, 0.717) is 0 Å². The summed E-state index contributed by atoms with van der Waals surface area (Å²) in [6.07, 6.45) is 5.20. The van der Waals surface area contributed by atoms with Crippen LogP contribution in [0.15, 0.2) is 29.2 Å². The molecule has 0 bridgehead atoms. The Morgan fingerprint density at radius 2 is 2.05 bits per heavy atom. The molecule has 3 nitrogen and oxygen atoms in total. The first-order valence-electron chi connectivity index (χ1n) is 6.88. The third-order valence-electron chi connectivity index (χ3n) is 3.60. The summed E-state index contributed by atoms with van der Waals surface area (Å²) >= 11 is 1.74. The van der Waals surface area contributed by atoms with Crippen molar-refractivity contribution in [2.45, 2.75) is 43.2 Å². The number of thioether (sulfide) groups is 1. The van der Waals surface area contributed by atoms with Crippen LogP contribution >= 0.6 is 11.8 Å². The van der Waals surface area contributed by atoms with Crippen molar-refractivity contribution in [3.63, 3.8) is 0 Å². The first kappa shape index (κ1) is 14.4. The van der Waals surface area contributed by atoms with E-state index in [1.165, 1.54) is 10.5 Å². The predicted octanol–water partition coefficient (Wildman–Crippen LogP) is 2.73. The maximum absolute atomic E-state index is 11.9. The molecule has 1 heterocycles. The van der Waals surface area contributed by atoms with Gasteiger partial charge in [-0.15, -0.1) is 11.8 Å². The average molecular weight is 278 g/mol. The molecule has 1 fully saturated rings. The van der Waals surface area contributed by atoms with Gasteiger partial charge in [0.2, 0.25) is 5.91 Å². The molecule has 1 aliphatic heterocycles. The summed E-state index contributed by atoms with van der Waals surface area (Å²) in [7, 11) is 0. The lowest BCUT2D eigenvalue weighted by atomic mass is 10.1. The molecule has 0 aliphatic carbocycles. The molecule has 0 saturated carbocycles. The first-order chi connectivity index (χ1) is 9.20. The second kappa shape index (κ2) is 6.96. The van der Waals surface area contributed by atoms with Gasteiger partial charge in [0.15, 0.2) is 0 Å². The smallest absolute Gasteiger partial charge is 0.237 e. The van der Waals surface area contributed by atoms with Crippen molar-refractivity contribution in [1.29, 1.82) is 0 Å². The standard InChI is InChI=1S/C15H22N2OS/c1-11(12-6-8-13(19-2)9-7-12)17-14-5-3-4-10-16-15(14)18/h6-9,11,14,17H,3-5,10H2,1-2H3,(H,16,18). The normalized spacial score (nSPS) is 21.6. The number of nitrogens with one attached hydrogen (secondary N) is 2. The van der Waals surface area contributed by atoms with Crippen molar-refractivity contribution in [1.82, 2.24) is 10.6 Å². The zero-order chi connectivity index (χ0) is 13.7. The van der Waals surface area contributed by atoms with Gasteiger partial charge in [0.05, 0.1) is 6.04 Å². The summed E-state index contributed by atoms with van der Waals surface area (Å²) in [6, 6.07) is 8.68. The van der Waals surface area contributed by atoms with Gasteiger partial charge in [-0.3, -0.25) is 10.1 Å². The Bertz CT molecular complexity index is 419. The molecule has 1 aromatic rings. The number of hydrogen-bond acceptors (Lipinski definition) is 3. The fourth-order valence-electron chi connectivity index (χ4n) is 2.39. The van der Waals surface area contributed by atoms with Gasteiger partial charge in [-0.25, -0.2) is 0 Å². The van der Waals surface area contributed by atoms with Gasteiger partial charge in [-0.05, 0) is 50.1 Å². The monoisotopic (exact) mass is 278 g/mol. The average Bonchev–Trinajstić information content (AvgIpc) is 2.64. The summed E-state index contributed by atoms with van der Waals surface area (Å²) in [5, 5.41) is 6.41. The Morgan fingerprint density at radius 3 is 2.74 bits per heavy atom. The summed E-state index contributed by atoms with van der Waals surface area (Å²) in [6.45, 7) is 2.93. The van der Waals surface area contributed by atoms with Gasteiger partial charge in [-0.2, -0.15) is 0 Å². The Hall–Kier alpha value is -1.00. The van der Waals surface area contributed by atoms with Gasteiger partial charge in [0.1, 0.15) is 0 Å². The molecule has 104 valence electrons. The summed E-state index contributed by atoms with van der Waals surface area (Å²) in [5.74, 6) is 0.144. The van der Waals surface area contributed by atoms with E-state index >= 15 is 0 Å². The molecule has 4 heteroatoms. The van der Waals surface area contributed by atoms with Crippen LogP contribution in [0.1, 0.15) is 37.8 Å². The van der Waals surface area contributed by atoms with E-state index in [1.807, 2.05) is 0 Å². The molecule has 1 aliphatic rings. The summed E-state index contributed by atoms with van der Waals surface area (Å²) < 4.78 is 0. The Balaban J connectivity index is 1.98. The summed E-state index contributed by atoms with van der Waals surface area (Å²) in [5.41, 5.74) is 1.23. The SMILES string of the molecule is CSc1ccc(C(C)NC2CCCCNC2=O)cc1. The van der Waals surface area contributed by atoms with E-state index in [2.05, 4.69) is 48.1 Å². The van der Waals surface area contributed by atoms with Crippen molar-refractivity contribution in [2.24, 2.45) is 0 Å². The van der Waals surface area contributed by atoms with Gasteiger partial charge in [0, 0.05) is 17.5 Å². The highest BCUT2D eigenvalue weighted by molar-refractivity contribution is 7.98. The number of hydrogen-bond donors (Lipinski definition) is 2. The second-order valence-electron chi connectivity index (χ2n) is 5.00. The minimum Gasteiger partial charge on any atom is -0.355 e. The lowest BCUT2D eigenvalue weighted by molar-refractivity contribution is -0.123. The fraction of sp³-hybridized carbons (Fsp3) is 0.533. The number of rotatable bonds is 4. The molecule has 0 radical (unpaired) electrons. The predicted molar refractivity (Wildman–Crippen MR) is 80.4 cm³/mol. The van der Waals surface area contributed by atoms with E-state index in [9.17, 15) is 4.79 Å². The number of benzene rings is 1. The Labute approximate surface area is 119 Å². The fourth-order valence-corrected chi connectivity index (χ4v) is 2.80. The van der Waals surface area contributed by atoms with E-state index < -0.39 is 0 Å². The van der Waals surface area contributed by atoms with Crippen molar-refractivity contribution >= 4 is 17.7 Å². The van der Waals surface area contributed by atoms with Crippen LogP contribution in [0.2, 0.25) is 0 Å². The highest BCUT2D eigenvalue weighted by Crippen LogP contribution is 2.20. The second-order valence-corrected chi connectivity index (χ2v) is 5.88. The molecule has 19 heavy (non-hydrogen) atoms. The topological polar surface area (TPSA) is 41.1 Å². The minimum atomic E-state index is -0.0577. The van der Waals surface area contributed by atoms with Crippen LogP contribution in [0.3, 0.4) is 0 Å². The van der Waals surface area contributed by atoms with Crippen LogP contribution in [0, 0.1) is 0 Å². The lowest BCUT2D eigenvalue weighted by Crippen LogP contribution is -2.43. The highest BCUT2D eigenvalue weighted by Gasteiger charge is 2.22. The Morgan fingerprint density at radius 1 is 1.32 bits per heavy atom. The molecule has 0 spiro atoms. The number of carbonyl (C=O) groups is 1. The van der Waals surface area contributed by atoms with Crippen LogP contribution in [0.5, 0.6) is 0 Å². The van der Waals surface area contributed by atoms with Crippen molar-refractivity contribution in [3.8, 4) is 0 Å². The maximum Gasteiger partial charge on any atom is 0.237 e. The van der Waals surface area contributed by atoms with Gasteiger partial charge >= 0.3 is 0 Å². The molecule has 2 rings (SSSR count). The van der Waals surface area contributed by atoms with Gasteiger partial charge < -0.3 is 5.32 Å². The largest absolute Gasteiger partial charge is 0.355 e. The molecular weight excluding hydrogens is 256 g/mol. The van der Waals surface area contributed by atoms with Crippen molar-refractivity contribution in [3.05, 3.63) is 29.8 Å². The van der Waals surface area contributed by atoms with Gasteiger partial charge in [0.25, 0.3) is 0 Å². The molecular formula is C15H22N2OS. The molecule has 2 N–H and O–H groups in total. The van der Waals surface area contributed by atoms with Crippen molar-refractivity contribution in [2.75, 3.05) is 12.8 Å². The quantitative estimate of drug-likeness (QED) is 0.832. The van der Waals surface area contributed by atoms with Gasteiger partial charge in [-0.1, -0.05) is 12.1 Å². The zero-order valence-electron chi connectivity index (χ0n) is 11.6. The molecule has 0 aromatic heterocycles. The van der Waals surface area contributed by atoms with E-state index in [-0.39, 0.29) is 18.0 Å². The zero-order valence-corrected chi connectivity index (χ0v) is 12.4. The maximum atomic E-state index is 11.9. The van der Waals surface area contributed by atoms with Crippen LogP contribution in [0.4, 0.5) is 0 Å². The molecule has 2 atom stereocenters. The van der Waals surface area contributed by atoms with Crippen LogP contribution < -0.4 is 10.6 Å². The molecule has 1 aromatic carbocycles. The number of carbonyl (C=O) groups excluding carboxylic acids is 1. The minimum absolute atomic E-state index is 0.0577. The van der Waals surface area contributed by atoms with Crippen LogP contribution in [0.25, 0.3) is 0 Å². The van der Waals surface area contributed by atoms with E-state index in [4.69, 9.17) is 0 Å². The third-order valence-corrected chi connectivity index (χ3v) is 4.35. The Kier molecular flexibility index (Phi) is 5.28. The first-order valence-corrected chi connectivity index (χ1v) is 8.11.